The van der Waals surface area contributed by atoms with Crippen LogP contribution in [0.1, 0.15) is 25.3 Å². The van der Waals surface area contributed by atoms with E-state index in [2.05, 4.69) is 0 Å². The number of nitrogens with two attached hydrogens (primary N) is 1. The molecule has 0 radical (unpaired) electrons. The number of carbonyl (C=O) groups is 1. The lowest BCUT2D eigenvalue weighted by atomic mass is 10.1. The summed E-state index contributed by atoms with van der Waals surface area (Å²) in [6, 6.07) is 5.57. The number of anilines is 1. The standard InChI is InChI=1S/C14H18N2O2/c1-9-14(17)16(7-10-2-3-10)8-11-6-12(15)4-5-13(11)18-9/h4-6,9-10H,2-3,7-8,15H2,1H3. The summed E-state index contributed by atoms with van der Waals surface area (Å²) in [7, 11) is 0. The first-order valence-corrected chi connectivity index (χ1v) is 6.47. The Balaban J connectivity index is 1.90. The van der Waals surface area contributed by atoms with E-state index >= 15 is 0 Å². The van der Waals surface area contributed by atoms with Crippen LogP contribution in [0.3, 0.4) is 0 Å². The van der Waals surface area contributed by atoms with E-state index in [0.717, 1.165) is 17.9 Å². The molecule has 3 rings (SSSR count). The van der Waals surface area contributed by atoms with Crippen molar-refractivity contribution in [2.24, 2.45) is 5.92 Å². The normalized spacial score (nSPS) is 23.3. The van der Waals surface area contributed by atoms with E-state index in [1.54, 1.807) is 0 Å². The molecule has 1 saturated carbocycles. The Labute approximate surface area is 107 Å². The summed E-state index contributed by atoms with van der Waals surface area (Å²) in [5.41, 5.74) is 7.52. The molecule has 96 valence electrons. The molecule has 1 amide bonds. The highest BCUT2D eigenvalue weighted by Crippen LogP contribution is 2.33. The van der Waals surface area contributed by atoms with Crippen LogP contribution in [0.2, 0.25) is 0 Å². The first-order chi connectivity index (χ1) is 8.63. The van der Waals surface area contributed by atoms with Gasteiger partial charge in [0.15, 0.2) is 6.10 Å². The molecule has 2 N–H and O–H groups in total. The molecule has 1 aromatic rings. The Bertz CT molecular complexity index is 483. The minimum atomic E-state index is -0.409. The van der Waals surface area contributed by atoms with E-state index in [0.29, 0.717) is 18.2 Å². The second-order valence-corrected chi connectivity index (χ2v) is 5.29. The highest BCUT2D eigenvalue weighted by molar-refractivity contribution is 5.81. The fraction of sp³-hybridized carbons (Fsp3) is 0.500. The number of ether oxygens (including phenoxy) is 1. The fourth-order valence-corrected chi connectivity index (χ4v) is 2.39. The molecule has 1 aromatic carbocycles. The minimum Gasteiger partial charge on any atom is -0.481 e. The van der Waals surface area contributed by atoms with E-state index in [-0.39, 0.29) is 5.91 Å². The Morgan fingerprint density at radius 1 is 1.44 bits per heavy atom. The molecule has 0 saturated heterocycles. The number of hydrogen-bond donors (Lipinski definition) is 1. The lowest BCUT2D eigenvalue weighted by Gasteiger charge is -2.21. The Morgan fingerprint density at radius 2 is 2.22 bits per heavy atom. The van der Waals surface area contributed by atoms with Gasteiger partial charge in [0.05, 0.1) is 0 Å². The second-order valence-electron chi connectivity index (χ2n) is 5.29. The maximum atomic E-state index is 12.2. The van der Waals surface area contributed by atoms with Gasteiger partial charge in [-0.1, -0.05) is 0 Å². The number of carbonyl (C=O) groups excluding carboxylic acids is 1. The maximum Gasteiger partial charge on any atom is 0.263 e. The van der Waals surface area contributed by atoms with Gasteiger partial charge < -0.3 is 15.4 Å². The summed E-state index contributed by atoms with van der Waals surface area (Å²) in [5.74, 6) is 1.55. The number of nitrogens with zero attached hydrogens (tertiary/aromatic N) is 1. The lowest BCUT2D eigenvalue weighted by Crippen LogP contribution is -2.39. The van der Waals surface area contributed by atoms with Crippen molar-refractivity contribution in [2.75, 3.05) is 12.3 Å². The Morgan fingerprint density at radius 3 is 2.94 bits per heavy atom. The van der Waals surface area contributed by atoms with Crippen molar-refractivity contribution in [3.63, 3.8) is 0 Å². The summed E-state index contributed by atoms with van der Waals surface area (Å²) in [4.78, 5) is 14.1. The number of rotatable bonds is 2. The van der Waals surface area contributed by atoms with Crippen LogP contribution in [0.15, 0.2) is 18.2 Å². The van der Waals surface area contributed by atoms with Crippen LogP contribution in [0.4, 0.5) is 5.69 Å². The number of hydrogen-bond acceptors (Lipinski definition) is 3. The minimum absolute atomic E-state index is 0.0803. The molecule has 0 bridgehead atoms. The summed E-state index contributed by atoms with van der Waals surface area (Å²) in [6.07, 6.45) is 2.07. The van der Waals surface area contributed by atoms with Gasteiger partial charge in [-0.3, -0.25) is 4.79 Å². The van der Waals surface area contributed by atoms with Crippen molar-refractivity contribution in [2.45, 2.75) is 32.4 Å². The van der Waals surface area contributed by atoms with Crippen molar-refractivity contribution in [1.82, 2.24) is 4.90 Å². The molecule has 1 aliphatic carbocycles. The smallest absolute Gasteiger partial charge is 0.263 e. The summed E-state index contributed by atoms with van der Waals surface area (Å²) in [5, 5.41) is 0. The molecule has 18 heavy (non-hydrogen) atoms. The van der Waals surface area contributed by atoms with Gasteiger partial charge in [0.2, 0.25) is 0 Å². The zero-order chi connectivity index (χ0) is 12.7. The van der Waals surface area contributed by atoms with E-state index in [4.69, 9.17) is 10.5 Å². The SMILES string of the molecule is CC1Oc2ccc(N)cc2CN(CC2CC2)C1=O. The Hall–Kier alpha value is -1.71. The number of benzene rings is 1. The van der Waals surface area contributed by atoms with Crippen LogP contribution in [-0.2, 0) is 11.3 Å². The summed E-state index contributed by atoms with van der Waals surface area (Å²) >= 11 is 0. The van der Waals surface area contributed by atoms with Gasteiger partial charge in [0.1, 0.15) is 5.75 Å². The van der Waals surface area contributed by atoms with Crippen molar-refractivity contribution in [3.8, 4) is 5.75 Å². The number of amides is 1. The van der Waals surface area contributed by atoms with Crippen molar-refractivity contribution in [1.29, 1.82) is 0 Å². The van der Waals surface area contributed by atoms with Crippen LogP contribution in [0.25, 0.3) is 0 Å². The van der Waals surface area contributed by atoms with Crippen LogP contribution in [-0.4, -0.2) is 23.5 Å². The van der Waals surface area contributed by atoms with Gasteiger partial charge in [-0.25, -0.2) is 0 Å². The molecule has 4 nitrogen and oxygen atoms in total. The average Bonchev–Trinajstić information content (AvgIpc) is 3.14. The third-order valence-corrected chi connectivity index (χ3v) is 3.58. The topological polar surface area (TPSA) is 55.6 Å². The zero-order valence-electron chi connectivity index (χ0n) is 10.6. The van der Waals surface area contributed by atoms with E-state index in [9.17, 15) is 4.79 Å². The number of fused-ring (bicyclic) bond motifs is 1. The third kappa shape index (κ3) is 2.15. The van der Waals surface area contributed by atoms with Gasteiger partial charge in [-0.2, -0.15) is 0 Å². The molecule has 0 aromatic heterocycles. The molecule has 1 aliphatic heterocycles. The second kappa shape index (κ2) is 4.19. The van der Waals surface area contributed by atoms with E-state index < -0.39 is 6.10 Å². The molecule has 1 atom stereocenters. The van der Waals surface area contributed by atoms with Gasteiger partial charge in [-0.05, 0) is 43.9 Å². The molecule has 4 heteroatoms. The number of nitrogen functional groups attached to an aromatic ring is 1. The maximum absolute atomic E-state index is 12.2. The lowest BCUT2D eigenvalue weighted by molar-refractivity contribution is -0.137. The molecule has 1 unspecified atom stereocenters. The molecule has 1 heterocycles. The van der Waals surface area contributed by atoms with Crippen LogP contribution < -0.4 is 10.5 Å². The fourth-order valence-electron chi connectivity index (χ4n) is 2.39. The highest BCUT2D eigenvalue weighted by atomic mass is 16.5. The molecular weight excluding hydrogens is 228 g/mol. The largest absolute Gasteiger partial charge is 0.481 e. The van der Waals surface area contributed by atoms with Crippen LogP contribution >= 0.6 is 0 Å². The van der Waals surface area contributed by atoms with E-state index in [1.165, 1.54) is 12.8 Å². The predicted molar refractivity (Wildman–Crippen MR) is 69.1 cm³/mol. The van der Waals surface area contributed by atoms with E-state index in [1.807, 2.05) is 30.0 Å². The molecular formula is C14H18N2O2. The van der Waals surface area contributed by atoms with Crippen molar-refractivity contribution in [3.05, 3.63) is 23.8 Å². The quantitative estimate of drug-likeness (QED) is 0.809. The zero-order valence-corrected chi connectivity index (χ0v) is 10.6. The Kier molecular flexibility index (Phi) is 2.65. The molecule has 1 fully saturated rings. The average molecular weight is 246 g/mol. The first-order valence-electron chi connectivity index (χ1n) is 6.47. The first kappa shape index (κ1) is 11.4. The third-order valence-electron chi connectivity index (χ3n) is 3.58. The van der Waals surface area contributed by atoms with Gasteiger partial charge in [0, 0.05) is 24.3 Å². The monoisotopic (exact) mass is 246 g/mol. The summed E-state index contributed by atoms with van der Waals surface area (Å²) in [6.45, 7) is 3.27. The predicted octanol–water partition coefficient (Wildman–Crippen LogP) is 1.79. The summed E-state index contributed by atoms with van der Waals surface area (Å²) < 4.78 is 5.71. The molecule has 0 spiro atoms. The van der Waals surface area contributed by atoms with Gasteiger partial charge >= 0.3 is 0 Å². The van der Waals surface area contributed by atoms with Gasteiger partial charge in [0.25, 0.3) is 5.91 Å². The van der Waals surface area contributed by atoms with Crippen molar-refractivity contribution < 1.29 is 9.53 Å². The molecule has 2 aliphatic rings. The van der Waals surface area contributed by atoms with Crippen LogP contribution in [0.5, 0.6) is 5.75 Å². The van der Waals surface area contributed by atoms with Crippen LogP contribution in [0, 0.1) is 5.92 Å². The van der Waals surface area contributed by atoms with Gasteiger partial charge in [-0.15, -0.1) is 0 Å². The highest BCUT2D eigenvalue weighted by Gasteiger charge is 2.32. The van der Waals surface area contributed by atoms with Crippen molar-refractivity contribution >= 4 is 11.6 Å².